The molecule has 2 rings (SSSR count). The molecule has 0 aliphatic carbocycles. The van der Waals surface area contributed by atoms with Crippen molar-refractivity contribution in [2.45, 2.75) is 39.2 Å². The van der Waals surface area contributed by atoms with E-state index in [-0.39, 0.29) is 0 Å². The number of ether oxygens (including phenoxy) is 1. The quantitative estimate of drug-likeness (QED) is 0.713. The first kappa shape index (κ1) is 14.9. The largest absolute Gasteiger partial charge is 0.496 e. The molecule has 1 N–H and O–H groups in total. The Labute approximate surface area is 122 Å². The van der Waals surface area contributed by atoms with E-state index in [4.69, 9.17) is 4.74 Å². The standard InChI is InChI=1S/C18H25NO/c1-3-4-5-8-13-19-14-17-16-10-7-6-9-15(16)11-12-18(17)20-2/h6-7,9-12,19H,3-5,8,13-14H2,1-2H3. The SMILES string of the molecule is CCCCCCNCc1c(OC)ccc2ccccc12. The molecule has 2 aromatic rings. The number of fused-ring (bicyclic) bond motifs is 1. The number of unbranched alkanes of at least 4 members (excludes halogenated alkanes) is 3. The Morgan fingerprint density at radius 3 is 2.65 bits per heavy atom. The second-order valence-electron chi connectivity index (χ2n) is 5.20. The number of hydrogen-bond acceptors (Lipinski definition) is 2. The van der Waals surface area contributed by atoms with E-state index in [1.54, 1.807) is 7.11 Å². The van der Waals surface area contributed by atoms with Crippen molar-refractivity contribution >= 4 is 10.8 Å². The van der Waals surface area contributed by atoms with Crippen molar-refractivity contribution in [2.75, 3.05) is 13.7 Å². The second kappa shape index (κ2) is 7.91. The number of hydrogen-bond donors (Lipinski definition) is 1. The highest BCUT2D eigenvalue weighted by Gasteiger charge is 2.07. The van der Waals surface area contributed by atoms with Crippen LogP contribution in [-0.2, 0) is 6.54 Å². The van der Waals surface area contributed by atoms with Gasteiger partial charge in [-0.2, -0.15) is 0 Å². The van der Waals surface area contributed by atoms with Gasteiger partial charge in [-0.3, -0.25) is 0 Å². The average Bonchev–Trinajstić information content (AvgIpc) is 2.50. The third-order valence-corrected chi connectivity index (χ3v) is 3.73. The molecule has 0 aliphatic heterocycles. The van der Waals surface area contributed by atoms with Gasteiger partial charge in [-0.15, -0.1) is 0 Å². The van der Waals surface area contributed by atoms with Crippen LogP contribution in [0.1, 0.15) is 38.2 Å². The monoisotopic (exact) mass is 271 g/mol. The molecule has 0 atom stereocenters. The zero-order valence-corrected chi connectivity index (χ0v) is 12.6. The molecule has 20 heavy (non-hydrogen) atoms. The normalized spacial score (nSPS) is 10.9. The van der Waals surface area contributed by atoms with E-state index in [1.807, 2.05) is 0 Å². The molecule has 2 nitrogen and oxygen atoms in total. The van der Waals surface area contributed by atoms with Crippen LogP contribution in [0.4, 0.5) is 0 Å². The zero-order valence-electron chi connectivity index (χ0n) is 12.6. The molecule has 0 unspecified atom stereocenters. The van der Waals surface area contributed by atoms with E-state index in [2.05, 4.69) is 48.6 Å². The van der Waals surface area contributed by atoms with Crippen molar-refractivity contribution in [1.82, 2.24) is 5.32 Å². The Balaban J connectivity index is 2.03. The molecular weight excluding hydrogens is 246 g/mol. The van der Waals surface area contributed by atoms with Crippen molar-refractivity contribution in [3.63, 3.8) is 0 Å². The maximum Gasteiger partial charge on any atom is 0.123 e. The fraction of sp³-hybridized carbons (Fsp3) is 0.444. The first-order chi connectivity index (χ1) is 9.86. The van der Waals surface area contributed by atoms with Gasteiger partial charge >= 0.3 is 0 Å². The van der Waals surface area contributed by atoms with Crippen molar-refractivity contribution in [3.8, 4) is 5.75 Å². The first-order valence-electron chi connectivity index (χ1n) is 7.62. The van der Waals surface area contributed by atoms with E-state index in [1.165, 1.54) is 42.0 Å². The topological polar surface area (TPSA) is 21.3 Å². The molecule has 0 bridgehead atoms. The third-order valence-electron chi connectivity index (χ3n) is 3.73. The smallest absolute Gasteiger partial charge is 0.123 e. The second-order valence-corrected chi connectivity index (χ2v) is 5.20. The van der Waals surface area contributed by atoms with Crippen LogP contribution in [0, 0.1) is 0 Å². The molecule has 0 saturated heterocycles. The summed E-state index contributed by atoms with van der Waals surface area (Å²) in [5, 5.41) is 6.11. The van der Waals surface area contributed by atoms with E-state index in [0.717, 1.165) is 18.8 Å². The lowest BCUT2D eigenvalue weighted by atomic mass is 10.0. The molecular formula is C18H25NO. The lowest BCUT2D eigenvalue weighted by molar-refractivity contribution is 0.408. The van der Waals surface area contributed by atoms with E-state index >= 15 is 0 Å². The van der Waals surface area contributed by atoms with Crippen molar-refractivity contribution < 1.29 is 4.74 Å². The summed E-state index contributed by atoms with van der Waals surface area (Å²) in [5.74, 6) is 0.977. The minimum Gasteiger partial charge on any atom is -0.496 e. The highest BCUT2D eigenvalue weighted by atomic mass is 16.5. The van der Waals surface area contributed by atoms with Crippen molar-refractivity contribution in [3.05, 3.63) is 42.0 Å². The van der Waals surface area contributed by atoms with Gasteiger partial charge in [0.15, 0.2) is 0 Å². The van der Waals surface area contributed by atoms with Crippen molar-refractivity contribution in [2.24, 2.45) is 0 Å². The summed E-state index contributed by atoms with van der Waals surface area (Å²) in [5.41, 5.74) is 1.26. The summed E-state index contributed by atoms with van der Waals surface area (Å²) in [6, 6.07) is 12.7. The zero-order chi connectivity index (χ0) is 14.2. The van der Waals surface area contributed by atoms with E-state index in [9.17, 15) is 0 Å². The predicted molar refractivity (Wildman–Crippen MR) is 86.3 cm³/mol. The fourth-order valence-corrected chi connectivity index (χ4v) is 2.58. The van der Waals surface area contributed by atoms with E-state index in [0.29, 0.717) is 0 Å². The lowest BCUT2D eigenvalue weighted by Gasteiger charge is -2.13. The molecule has 0 fully saturated rings. The van der Waals surface area contributed by atoms with Crippen LogP contribution in [0.3, 0.4) is 0 Å². The number of rotatable bonds is 8. The molecule has 0 aromatic heterocycles. The molecule has 2 heteroatoms. The Kier molecular flexibility index (Phi) is 5.87. The lowest BCUT2D eigenvalue weighted by Crippen LogP contribution is -2.15. The van der Waals surface area contributed by atoms with Gasteiger partial charge in [0.05, 0.1) is 7.11 Å². The minimum atomic E-state index is 0.872. The molecule has 0 radical (unpaired) electrons. The highest BCUT2D eigenvalue weighted by molar-refractivity contribution is 5.87. The van der Waals surface area contributed by atoms with Crippen LogP contribution < -0.4 is 10.1 Å². The summed E-state index contributed by atoms with van der Waals surface area (Å²) < 4.78 is 5.51. The molecule has 0 heterocycles. The van der Waals surface area contributed by atoms with Gasteiger partial charge in [0.2, 0.25) is 0 Å². The summed E-state index contributed by atoms with van der Waals surface area (Å²) in [7, 11) is 1.74. The van der Waals surface area contributed by atoms with Gasteiger partial charge in [0.1, 0.15) is 5.75 Å². The van der Waals surface area contributed by atoms with Crippen LogP contribution in [-0.4, -0.2) is 13.7 Å². The molecule has 0 saturated carbocycles. The first-order valence-corrected chi connectivity index (χ1v) is 7.62. The molecule has 0 aliphatic rings. The minimum absolute atomic E-state index is 0.872. The van der Waals surface area contributed by atoms with Gasteiger partial charge in [-0.05, 0) is 29.8 Å². The number of benzene rings is 2. The van der Waals surface area contributed by atoms with Gasteiger partial charge < -0.3 is 10.1 Å². The van der Waals surface area contributed by atoms with Crippen LogP contribution in [0.5, 0.6) is 5.75 Å². The van der Waals surface area contributed by atoms with Crippen molar-refractivity contribution in [1.29, 1.82) is 0 Å². The van der Waals surface area contributed by atoms with Gasteiger partial charge in [-0.1, -0.05) is 56.5 Å². The predicted octanol–water partition coefficient (Wildman–Crippen LogP) is 4.52. The summed E-state index contributed by atoms with van der Waals surface area (Å²) >= 11 is 0. The van der Waals surface area contributed by atoms with Crippen LogP contribution >= 0.6 is 0 Å². The Morgan fingerprint density at radius 1 is 1.00 bits per heavy atom. The summed E-state index contributed by atoms with van der Waals surface area (Å²) in [6.45, 7) is 4.19. The Hall–Kier alpha value is -1.54. The highest BCUT2D eigenvalue weighted by Crippen LogP contribution is 2.27. The molecule has 0 spiro atoms. The van der Waals surface area contributed by atoms with Gasteiger partial charge in [0, 0.05) is 12.1 Å². The van der Waals surface area contributed by atoms with Gasteiger partial charge in [-0.25, -0.2) is 0 Å². The summed E-state index contributed by atoms with van der Waals surface area (Å²) in [4.78, 5) is 0. The van der Waals surface area contributed by atoms with Gasteiger partial charge in [0.25, 0.3) is 0 Å². The average molecular weight is 271 g/mol. The Bertz CT molecular complexity index is 536. The Morgan fingerprint density at radius 2 is 1.85 bits per heavy atom. The molecule has 2 aromatic carbocycles. The van der Waals surface area contributed by atoms with E-state index < -0.39 is 0 Å². The third kappa shape index (κ3) is 3.73. The van der Waals surface area contributed by atoms with Crippen LogP contribution in [0.25, 0.3) is 10.8 Å². The molecule has 0 amide bonds. The maximum absolute atomic E-state index is 5.51. The maximum atomic E-state index is 5.51. The van der Waals surface area contributed by atoms with Crippen LogP contribution in [0.15, 0.2) is 36.4 Å². The van der Waals surface area contributed by atoms with Crippen LogP contribution in [0.2, 0.25) is 0 Å². The molecule has 108 valence electrons. The number of methoxy groups -OCH3 is 1. The fourth-order valence-electron chi connectivity index (χ4n) is 2.58. The summed E-state index contributed by atoms with van der Waals surface area (Å²) in [6.07, 6.45) is 5.19. The number of nitrogens with one attached hydrogen (secondary N) is 1.